The summed E-state index contributed by atoms with van der Waals surface area (Å²) in [6.45, 7) is 4.10. The van der Waals surface area contributed by atoms with Gasteiger partial charge in [-0.1, -0.05) is 47.0 Å². The average molecular weight is 306 g/mol. The lowest BCUT2D eigenvalue weighted by Gasteiger charge is -2.05. The summed E-state index contributed by atoms with van der Waals surface area (Å²) >= 11 is 12.2. The maximum atomic E-state index is 6.20. The summed E-state index contributed by atoms with van der Waals surface area (Å²) in [5, 5.41) is 1.01. The van der Waals surface area contributed by atoms with Crippen LogP contribution in [0.15, 0.2) is 30.5 Å². The van der Waals surface area contributed by atoms with Crippen LogP contribution in [0.25, 0.3) is 16.9 Å². The highest BCUT2D eigenvalue weighted by molar-refractivity contribution is 6.36. The number of nitrogens with two attached hydrogens (primary N) is 1. The lowest BCUT2D eigenvalue weighted by Crippen LogP contribution is -1.95. The molecule has 0 aliphatic rings. The first kappa shape index (κ1) is 13.3. The fraction of sp³-hybridized carbons (Fsp3) is 0.133. The van der Waals surface area contributed by atoms with Gasteiger partial charge in [0.1, 0.15) is 11.5 Å². The van der Waals surface area contributed by atoms with Crippen LogP contribution >= 0.6 is 23.2 Å². The third kappa shape index (κ3) is 2.03. The second-order valence-electron chi connectivity index (χ2n) is 4.86. The maximum Gasteiger partial charge on any atom is 0.158 e. The predicted molar refractivity (Wildman–Crippen MR) is 84.5 cm³/mol. The van der Waals surface area contributed by atoms with Crippen LogP contribution in [0.2, 0.25) is 10.0 Å². The Morgan fingerprint density at radius 1 is 1.15 bits per heavy atom. The van der Waals surface area contributed by atoms with E-state index in [1.54, 1.807) is 16.7 Å². The smallest absolute Gasteiger partial charge is 0.158 e. The van der Waals surface area contributed by atoms with Gasteiger partial charge in [0.25, 0.3) is 0 Å². The first-order valence-corrected chi connectivity index (χ1v) is 6.93. The molecule has 0 saturated heterocycles. The second-order valence-corrected chi connectivity index (χ2v) is 5.71. The van der Waals surface area contributed by atoms with Crippen molar-refractivity contribution >= 4 is 34.7 Å². The molecule has 0 amide bonds. The number of imidazole rings is 1. The van der Waals surface area contributed by atoms with Gasteiger partial charge >= 0.3 is 0 Å². The van der Waals surface area contributed by atoms with Gasteiger partial charge in [-0.3, -0.25) is 4.40 Å². The van der Waals surface area contributed by atoms with Crippen LogP contribution in [0.4, 0.5) is 5.82 Å². The number of aromatic nitrogens is 2. The van der Waals surface area contributed by atoms with E-state index in [4.69, 9.17) is 28.9 Å². The Balaban J connectivity index is 2.32. The van der Waals surface area contributed by atoms with Crippen molar-refractivity contribution in [2.24, 2.45) is 0 Å². The van der Waals surface area contributed by atoms with Crippen molar-refractivity contribution in [3.8, 4) is 11.3 Å². The third-order valence-corrected chi connectivity index (χ3v) is 3.80. The molecule has 0 bridgehead atoms. The Kier molecular flexibility index (Phi) is 3.11. The molecule has 0 radical (unpaired) electrons. The number of anilines is 1. The number of hydrogen-bond donors (Lipinski definition) is 1. The minimum absolute atomic E-state index is 0.486. The quantitative estimate of drug-likeness (QED) is 0.719. The summed E-state index contributed by atoms with van der Waals surface area (Å²) < 4.78 is 1.72. The Hall–Kier alpha value is -1.71. The van der Waals surface area contributed by atoms with Gasteiger partial charge in [-0.15, -0.1) is 0 Å². The fourth-order valence-electron chi connectivity index (χ4n) is 2.37. The largest absolute Gasteiger partial charge is 0.383 e. The molecule has 0 atom stereocenters. The van der Waals surface area contributed by atoms with Gasteiger partial charge in [0.05, 0.1) is 10.0 Å². The first-order valence-electron chi connectivity index (χ1n) is 6.17. The number of hydrogen-bond acceptors (Lipinski definition) is 2. The minimum Gasteiger partial charge on any atom is -0.383 e. The van der Waals surface area contributed by atoms with Crippen molar-refractivity contribution in [3.05, 3.63) is 51.6 Å². The van der Waals surface area contributed by atoms with Crippen molar-refractivity contribution in [3.63, 3.8) is 0 Å². The van der Waals surface area contributed by atoms with E-state index >= 15 is 0 Å². The number of nitrogens with zero attached hydrogens (tertiary/aromatic N) is 2. The van der Waals surface area contributed by atoms with E-state index in [0.29, 0.717) is 21.5 Å². The van der Waals surface area contributed by atoms with E-state index in [0.717, 1.165) is 16.8 Å². The highest BCUT2D eigenvalue weighted by Gasteiger charge is 2.15. The number of aryl methyl sites for hydroxylation is 2. The van der Waals surface area contributed by atoms with Crippen molar-refractivity contribution in [1.82, 2.24) is 9.38 Å². The zero-order valence-electron chi connectivity index (χ0n) is 11.1. The van der Waals surface area contributed by atoms with Gasteiger partial charge in [-0.2, -0.15) is 0 Å². The molecule has 0 spiro atoms. The average Bonchev–Trinajstić information content (AvgIpc) is 2.68. The summed E-state index contributed by atoms with van der Waals surface area (Å²) in [7, 11) is 0. The van der Waals surface area contributed by atoms with Crippen LogP contribution < -0.4 is 5.73 Å². The molecule has 20 heavy (non-hydrogen) atoms. The number of fused-ring (bicyclic) bond motifs is 1. The minimum atomic E-state index is 0.486. The molecule has 3 aromatic rings. The molecule has 2 aromatic heterocycles. The molecule has 1 aromatic carbocycles. The van der Waals surface area contributed by atoms with Gasteiger partial charge in [0.15, 0.2) is 5.65 Å². The predicted octanol–water partition coefficient (Wildman–Crippen LogP) is 4.51. The molecule has 2 N–H and O–H groups in total. The summed E-state index contributed by atoms with van der Waals surface area (Å²) in [5.41, 5.74) is 10.9. The fourth-order valence-corrected chi connectivity index (χ4v) is 2.88. The van der Waals surface area contributed by atoms with Crippen LogP contribution in [0, 0.1) is 13.8 Å². The summed E-state index contributed by atoms with van der Waals surface area (Å²) in [6.07, 6.45) is 1.72. The summed E-state index contributed by atoms with van der Waals surface area (Å²) in [4.78, 5) is 4.56. The van der Waals surface area contributed by atoms with Gasteiger partial charge in [0, 0.05) is 11.8 Å². The SMILES string of the molecule is Cc1ccc(-c2nc3c(Cl)cc(Cl)cn3c2N)c(C)c1. The van der Waals surface area contributed by atoms with E-state index in [1.807, 2.05) is 19.1 Å². The molecule has 102 valence electrons. The van der Waals surface area contributed by atoms with Gasteiger partial charge < -0.3 is 5.73 Å². The Bertz CT molecular complexity index is 822. The normalized spacial score (nSPS) is 11.2. The third-order valence-electron chi connectivity index (χ3n) is 3.32. The summed E-state index contributed by atoms with van der Waals surface area (Å²) in [6, 6.07) is 7.84. The van der Waals surface area contributed by atoms with Crippen LogP contribution in [0.5, 0.6) is 0 Å². The number of halogens is 2. The van der Waals surface area contributed by atoms with Crippen LogP contribution in [-0.4, -0.2) is 9.38 Å². The number of pyridine rings is 1. The number of nitrogen functional groups attached to an aromatic ring is 1. The molecule has 0 fully saturated rings. The van der Waals surface area contributed by atoms with Crippen molar-refractivity contribution in [2.45, 2.75) is 13.8 Å². The van der Waals surface area contributed by atoms with Gasteiger partial charge in [-0.25, -0.2) is 4.98 Å². The van der Waals surface area contributed by atoms with E-state index in [-0.39, 0.29) is 0 Å². The Labute approximate surface area is 127 Å². The van der Waals surface area contributed by atoms with Crippen molar-refractivity contribution in [2.75, 3.05) is 5.73 Å². The molecule has 0 aliphatic carbocycles. The monoisotopic (exact) mass is 305 g/mol. The molecule has 3 nitrogen and oxygen atoms in total. The number of benzene rings is 1. The second kappa shape index (κ2) is 4.69. The highest BCUT2D eigenvalue weighted by Crippen LogP contribution is 2.32. The molecule has 5 heteroatoms. The van der Waals surface area contributed by atoms with Crippen molar-refractivity contribution in [1.29, 1.82) is 0 Å². The van der Waals surface area contributed by atoms with Crippen molar-refractivity contribution < 1.29 is 0 Å². The molecular formula is C15H13Cl2N3. The zero-order valence-corrected chi connectivity index (χ0v) is 12.6. The van der Waals surface area contributed by atoms with E-state index < -0.39 is 0 Å². The van der Waals surface area contributed by atoms with Crippen LogP contribution in [0.1, 0.15) is 11.1 Å². The van der Waals surface area contributed by atoms with Gasteiger partial charge in [-0.05, 0) is 25.5 Å². The maximum absolute atomic E-state index is 6.20. The lowest BCUT2D eigenvalue weighted by atomic mass is 10.0. The van der Waals surface area contributed by atoms with E-state index in [1.165, 1.54) is 5.56 Å². The zero-order chi connectivity index (χ0) is 14.4. The first-order chi connectivity index (χ1) is 9.47. The number of rotatable bonds is 1. The molecule has 0 saturated carbocycles. The van der Waals surface area contributed by atoms with Crippen LogP contribution in [-0.2, 0) is 0 Å². The van der Waals surface area contributed by atoms with Crippen LogP contribution in [0.3, 0.4) is 0 Å². The molecule has 3 rings (SSSR count). The Morgan fingerprint density at radius 2 is 1.90 bits per heavy atom. The lowest BCUT2D eigenvalue weighted by molar-refractivity contribution is 1.20. The van der Waals surface area contributed by atoms with Gasteiger partial charge in [0.2, 0.25) is 0 Å². The standard InChI is InChI=1S/C15H13Cl2N3/c1-8-3-4-11(9(2)5-8)13-14(18)20-7-10(16)6-12(17)15(20)19-13/h3-7H,18H2,1-2H3. The highest BCUT2D eigenvalue weighted by atomic mass is 35.5. The topological polar surface area (TPSA) is 43.3 Å². The molecule has 0 aliphatic heterocycles. The van der Waals surface area contributed by atoms with E-state index in [9.17, 15) is 0 Å². The molecule has 0 unspecified atom stereocenters. The molecular weight excluding hydrogens is 293 g/mol. The Morgan fingerprint density at radius 3 is 2.60 bits per heavy atom. The van der Waals surface area contributed by atoms with E-state index in [2.05, 4.69) is 18.0 Å². The molecule has 2 heterocycles. The summed E-state index contributed by atoms with van der Waals surface area (Å²) in [5.74, 6) is 0.538.